The fourth-order valence-corrected chi connectivity index (χ4v) is 2.98. The monoisotopic (exact) mass is 327 g/mol. The SMILES string of the molecule is CCCCCCCCCCCCC/C=C/[C@@H](O)[C@@H](NC)C(C)O. The van der Waals surface area contributed by atoms with E-state index in [1.54, 1.807) is 14.0 Å². The second-order valence-corrected chi connectivity index (χ2v) is 6.80. The largest absolute Gasteiger partial charge is 0.392 e. The van der Waals surface area contributed by atoms with E-state index < -0.39 is 12.2 Å². The van der Waals surface area contributed by atoms with Crippen LogP contribution in [0.4, 0.5) is 0 Å². The second-order valence-electron chi connectivity index (χ2n) is 6.80. The Kier molecular flexibility index (Phi) is 16.2. The summed E-state index contributed by atoms with van der Waals surface area (Å²) < 4.78 is 0. The van der Waals surface area contributed by atoms with Crippen molar-refractivity contribution in [2.45, 2.75) is 109 Å². The number of likely N-dealkylation sites (N-methyl/N-ethyl adjacent to an activating group) is 1. The van der Waals surface area contributed by atoms with Gasteiger partial charge in [-0.3, -0.25) is 0 Å². The number of hydrogen-bond donors (Lipinski definition) is 3. The molecule has 0 aromatic rings. The van der Waals surface area contributed by atoms with Gasteiger partial charge in [0.2, 0.25) is 0 Å². The molecule has 0 aromatic carbocycles. The van der Waals surface area contributed by atoms with Crippen molar-refractivity contribution in [1.29, 1.82) is 0 Å². The summed E-state index contributed by atoms with van der Waals surface area (Å²) in [6.45, 7) is 3.96. The minimum Gasteiger partial charge on any atom is -0.392 e. The Morgan fingerprint density at radius 2 is 1.30 bits per heavy atom. The number of hydrogen-bond acceptors (Lipinski definition) is 3. The highest BCUT2D eigenvalue weighted by Crippen LogP contribution is 2.12. The molecule has 0 aliphatic rings. The van der Waals surface area contributed by atoms with Gasteiger partial charge in [0.25, 0.3) is 0 Å². The van der Waals surface area contributed by atoms with Gasteiger partial charge in [0.05, 0.1) is 18.2 Å². The van der Waals surface area contributed by atoms with Crippen LogP contribution in [0.25, 0.3) is 0 Å². The van der Waals surface area contributed by atoms with E-state index in [4.69, 9.17) is 0 Å². The summed E-state index contributed by atoms with van der Waals surface area (Å²) in [5.74, 6) is 0. The molecule has 0 heterocycles. The zero-order valence-corrected chi connectivity index (χ0v) is 15.8. The van der Waals surface area contributed by atoms with Gasteiger partial charge in [0.15, 0.2) is 0 Å². The Bertz CT molecular complexity index is 266. The molecule has 0 radical (unpaired) electrons. The molecular formula is C20H41NO2. The van der Waals surface area contributed by atoms with Crippen molar-refractivity contribution in [3.63, 3.8) is 0 Å². The molecule has 0 amide bonds. The minimum absolute atomic E-state index is 0.288. The topological polar surface area (TPSA) is 52.5 Å². The maximum absolute atomic E-state index is 9.95. The predicted molar refractivity (Wildman–Crippen MR) is 101 cm³/mol. The zero-order valence-electron chi connectivity index (χ0n) is 15.8. The fraction of sp³-hybridized carbons (Fsp3) is 0.900. The third-order valence-corrected chi connectivity index (χ3v) is 4.53. The van der Waals surface area contributed by atoms with Crippen LogP contribution in [0.5, 0.6) is 0 Å². The maximum atomic E-state index is 9.95. The molecule has 0 aliphatic heterocycles. The summed E-state index contributed by atoms with van der Waals surface area (Å²) in [6, 6.07) is -0.288. The molecule has 0 spiro atoms. The molecule has 3 nitrogen and oxygen atoms in total. The van der Waals surface area contributed by atoms with Crippen LogP contribution >= 0.6 is 0 Å². The highest BCUT2D eigenvalue weighted by Gasteiger charge is 2.19. The molecular weight excluding hydrogens is 286 g/mol. The first kappa shape index (κ1) is 22.6. The van der Waals surface area contributed by atoms with E-state index in [1.165, 1.54) is 70.6 Å². The molecule has 3 heteroatoms. The van der Waals surface area contributed by atoms with Crippen molar-refractivity contribution < 1.29 is 10.2 Å². The normalized spacial score (nSPS) is 15.9. The van der Waals surface area contributed by atoms with E-state index in [-0.39, 0.29) is 6.04 Å². The first-order valence-corrected chi connectivity index (χ1v) is 9.83. The van der Waals surface area contributed by atoms with Crippen molar-refractivity contribution in [3.05, 3.63) is 12.2 Å². The van der Waals surface area contributed by atoms with Gasteiger partial charge in [-0.1, -0.05) is 83.3 Å². The van der Waals surface area contributed by atoms with Crippen LogP contribution in [0, 0.1) is 0 Å². The molecule has 0 saturated carbocycles. The fourth-order valence-electron chi connectivity index (χ4n) is 2.98. The van der Waals surface area contributed by atoms with E-state index in [2.05, 4.69) is 12.2 Å². The van der Waals surface area contributed by atoms with E-state index in [0.717, 1.165) is 6.42 Å². The van der Waals surface area contributed by atoms with Gasteiger partial charge in [0.1, 0.15) is 0 Å². The predicted octanol–water partition coefficient (Wildman–Crippen LogP) is 4.57. The smallest absolute Gasteiger partial charge is 0.0899 e. The summed E-state index contributed by atoms with van der Waals surface area (Å²) in [5.41, 5.74) is 0. The molecule has 138 valence electrons. The highest BCUT2D eigenvalue weighted by molar-refractivity contribution is 4.96. The van der Waals surface area contributed by atoms with E-state index >= 15 is 0 Å². The van der Waals surface area contributed by atoms with E-state index in [9.17, 15) is 10.2 Å². The number of aliphatic hydroxyl groups excluding tert-OH is 2. The quantitative estimate of drug-likeness (QED) is 0.287. The van der Waals surface area contributed by atoms with Crippen molar-refractivity contribution in [2.75, 3.05) is 7.05 Å². The minimum atomic E-state index is -0.618. The number of nitrogens with one attached hydrogen (secondary N) is 1. The van der Waals surface area contributed by atoms with Gasteiger partial charge >= 0.3 is 0 Å². The van der Waals surface area contributed by atoms with E-state index in [0.29, 0.717) is 0 Å². The third-order valence-electron chi connectivity index (χ3n) is 4.53. The first-order chi connectivity index (χ1) is 11.1. The van der Waals surface area contributed by atoms with Gasteiger partial charge in [0, 0.05) is 0 Å². The van der Waals surface area contributed by atoms with Crippen molar-refractivity contribution in [3.8, 4) is 0 Å². The second kappa shape index (κ2) is 16.5. The van der Waals surface area contributed by atoms with Crippen LogP contribution in [0.15, 0.2) is 12.2 Å². The number of unbranched alkanes of at least 4 members (excludes halogenated alkanes) is 11. The molecule has 0 rings (SSSR count). The molecule has 3 N–H and O–H groups in total. The summed E-state index contributed by atoms with van der Waals surface area (Å²) in [4.78, 5) is 0. The van der Waals surface area contributed by atoms with Gasteiger partial charge in [-0.25, -0.2) is 0 Å². The highest BCUT2D eigenvalue weighted by atomic mass is 16.3. The first-order valence-electron chi connectivity index (χ1n) is 9.83. The van der Waals surface area contributed by atoms with Crippen LogP contribution in [0.2, 0.25) is 0 Å². The van der Waals surface area contributed by atoms with Crippen molar-refractivity contribution in [2.24, 2.45) is 0 Å². The lowest BCUT2D eigenvalue weighted by Gasteiger charge is -2.22. The average Bonchev–Trinajstić information content (AvgIpc) is 2.52. The van der Waals surface area contributed by atoms with E-state index in [1.807, 2.05) is 12.2 Å². The van der Waals surface area contributed by atoms with Crippen LogP contribution in [0.1, 0.15) is 90.9 Å². The molecule has 0 fully saturated rings. The molecule has 23 heavy (non-hydrogen) atoms. The third kappa shape index (κ3) is 13.7. The summed E-state index contributed by atoms with van der Waals surface area (Å²) >= 11 is 0. The Hall–Kier alpha value is -0.380. The zero-order chi connectivity index (χ0) is 17.3. The van der Waals surface area contributed by atoms with Gasteiger partial charge in [-0.05, 0) is 26.8 Å². The molecule has 0 saturated heterocycles. The van der Waals surface area contributed by atoms with Gasteiger partial charge in [-0.15, -0.1) is 0 Å². The molecule has 1 unspecified atom stereocenters. The number of allylic oxidation sites excluding steroid dienone is 1. The Morgan fingerprint density at radius 1 is 0.826 bits per heavy atom. The van der Waals surface area contributed by atoms with Crippen LogP contribution in [-0.2, 0) is 0 Å². The molecule has 0 bridgehead atoms. The van der Waals surface area contributed by atoms with Crippen LogP contribution in [-0.4, -0.2) is 35.5 Å². The summed E-state index contributed by atoms with van der Waals surface area (Å²) in [5, 5.41) is 22.4. The van der Waals surface area contributed by atoms with Crippen LogP contribution < -0.4 is 5.32 Å². The molecule has 0 aliphatic carbocycles. The lowest BCUT2D eigenvalue weighted by molar-refractivity contribution is 0.0749. The number of rotatable bonds is 16. The molecule has 3 atom stereocenters. The van der Waals surface area contributed by atoms with Crippen LogP contribution in [0.3, 0.4) is 0 Å². The molecule has 0 aromatic heterocycles. The summed E-state index contributed by atoms with van der Waals surface area (Å²) in [6.07, 6.45) is 18.6. The van der Waals surface area contributed by atoms with Crippen molar-refractivity contribution >= 4 is 0 Å². The average molecular weight is 328 g/mol. The lowest BCUT2D eigenvalue weighted by atomic mass is 10.0. The Morgan fingerprint density at radius 3 is 1.74 bits per heavy atom. The maximum Gasteiger partial charge on any atom is 0.0899 e. The van der Waals surface area contributed by atoms with Gasteiger partial charge < -0.3 is 15.5 Å². The summed E-state index contributed by atoms with van der Waals surface area (Å²) in [7, 11) is 1.76. The standard InChI is InChI=1S/C20H41NO2/c1-4-5-6-7-8-9-10-11-12-13-14-15-16-17-19(23)20(21-3)18(2)22/h16-23H,4-15H2,1-3H3/b17-16+/t18?,19-,20+/m1/s1. The van der Waals surface area contributed by atoms with Crippen molar-refractivity contribution in [1.82, 2.24) is 5.32 Å². The lowest BCUT2D eigenvalue weighted by Crippen LogP contribution is -2.44. The number of aliphatic hydroxyl groups is 2. The van der Waals surface area contributed by atoms with Gasteiger partial charge in [-0.2, -0.15) is 0 Å². The Balaban J connectivity index is 3.40. The Labute approximate surface area is 144 Å².